The molecule has 1 aliphatic carbocycles. The summed E-state index contributed by atoms with van der Waals surface area (Å²) in [5, 5.41) is 0. The minimum Gasteiger partial charge on any atom is -0.315 e. The zero-order valence-electron chi connectivity index (χ0n) is 9.97. The summed E-state index contributed by atoms with van der Waals surface area (Å²) in [6, 6.07) is 0. The van der Waals surface area contributed by atoms with Crippen molar-refractivity contribution in [1.82, 2.24) is 9.29 Å². The highest BCUT2D eigenvalue weighted by molar-refractivity contribution is 7.91. The summed E-state index contributed by atoms with van der Waals surface area (Å²) in [5.74, 6) is 2.77. The van der Waals surface area contributed by atoms with Gasteiger partial charge in [-0.2, -0.15) is 4.31 Å². The van der Waals surface area contributed by atoms with Gasteiger partial charge in [0, 0.05) is 12.2 Å². The van der Waals surface area contributed by atoms with Gasteiger partial charge in [-0.25, -0.2) is 8.42 Å². The van der Waals surface area contributed by atoms with Gasteiger partial charge in [0.15, 0.2) is 4.21 Å². The third-order valence-electron chi connectivity index (χ3n) is 2.78. The molecular weight excluding hydrogens is 272 g/mol. The molecule has 0 spiro atoms. The molecular formula is C11H14N2O3S2. The molecule has 1 aromatic heterocycles. The molecule has 0 atom stereocenters. The number of nitrogens with one attached hydrogen (secondary N) is 1. The van der Waals surface area contributed by atoms with Crippen molar-refractivity contribution in [3.63, 3.8) is 0 Å². The minimum atomic E-state index is -3.65. The molecule has 7 heteroatoms. The van der Waals surface area contributed by atoms with Crippen LogP contribution in [0.25, 0.3) is 0 Å². The molecule has 2 rings (SSSR count). The fourth-order valence-electron chi connectivity index (χ4n) is 1.69. The maximum Gasteiger partial charge on any atom is 0.305 e. The van der Waals surface area contributed by atoms with Gasteiger partial charge in [-0.1, -0.05) is 17.3 Å². The molecule has 5 nitrogen and oxygen atoms in total. The van der Waals surface area contributed by atoms with Crippen molar-refractivity contribution in [3.05, 3.63) is 15.4 Å². The molecule has 1 N–H and O–H groups in total. The second-order valence-corrected chi connectivity index (χ2v) is 7.49. The average Bonchev–Trinajstić information content (AvgIpc) is 3.02. The lowest BCUT2D eigenvalue weighted by atomic mass is 10.4. The number of terminal acetylenes is 1. The number of hydrogen-bond acceptors (Lipinski definition) is 4. The van der Waals surface area contributed by atoms with E-state index in [0.717, 1.165) is 12.8 Å². The Balaban J connectivity index is 2.34. The first-order chi connectivity index (χ1) is 8.45. The van der Waals surface area contributed by atoms with Crippen molar-refractivity contribution in [2.75, 3.05) is 13.1 Å². The van der Waals surface area contributed by atoms with Crippen molar-refractivity contribution in [1.29, 1.82) is 0 Å². The van der Waals surface area contributed by atoms with Crippen molar-refractivity contribution in [3.8, 4) is 12.3 Å². The van der Waals surface area contributed by atoms with E-state index < -0.39 is 10.0 Å². The van der Waals surface area contributed by atoms with Crippen LogP contribution in [-0.4, -0.2) is 30.8 Å². The summed E-state index contributed by atoms with van der Waals surface area (Å²) in [5.41, 5.74) is 0.378. The fraction of sp³-hybridized carbons (Fsp3) is 0.545. The van der Waals surface area contributed by atoms with E-state index in [2.05, 4.69) is 10.9 Å². The number of rotatable bonds is 5. The maximum atomic E-state index is 12.4. The topological polar surface area (TPSA) is 70.2 Å². The predicted octanol–water partition coefficient (Wildman–Crippen LogP) is 0.779. The summed E-state index contributed by atoms with van der Waals surface area (Å²) in [6.45, 7) is 2.07. The van der Waals surface area contributed by atoms with E-state index in [1.54, 1.807) is 6.92 Å². The van der Waals surface area contributed by atoms with E-state index in [1.165, 1.54) is 4.31 Å². The highest BCUT2D eigenvalue weighted by Crippen LogP contribution is 2.32. The highest BCUT2D eigenvalue weighted by Gasteiger charge is 2.33. The van der Waals surface area contributed by atoms with Gasteiger partial charge < -0.3 is 4.98 Å². The fourth-order valence-corrected chi connectivity index (χ4v) is 4.56. The van der Waals surface area contributed by atoms with Gasteiger partial charge in [-0.3, -0.25) is 4.79 Å². The summed E-state index contributed by atoms with van der Waals surface area (Å²) < 4.78 is 26.2. The second kappa shape index (κ2) is 4.88. The van der Waals surface area contributed by atoms with E-state index in [1.807, 2.05) is 0 Å². The third-order valence-corrected chi connectivity index (χ3v) is 6.18. The lowest BCUT2D eigenvalue weighted by Crippen LogP contribution is -2.33. The van der Waals surface area contributed by atoms with Crippen LogP contribution < -0.4 is 4.87 Å². The Bertz CT molecular complexity index is 632. The van der Waals surface area contributed by atoms with E-state index in [-0.39, 0.29) is 15.6 Å². The number of hydrogen-bond donors (Lipinski definition) is 1. The SMILES string of the molecule is C#CCN(CC1CC1)S(=O)(=O)c1sc(=O)[nH]c1C. The van der Waals surface area contributed by atoms with Crippen molar-refractivity contribution in [2.45, 2.75) is 24.0 Å². The van der Waals surface area contributed by atoms with Crippen LogP contribution in [0.4, 0.5) is 0 Å². The average molecular weight is 286 g/mol. The summed E-state index contributed by atoms with van der Waals surface area (Å²) in [4.78, 5) is 13.3. The molecule has 1 aliphatic rings. The second-order valence-electron chi connectivity index (χ2n) is 4.37. The molecule has 1 fully saturated rings. The number of nitrogens with zero attached hydrogens (tertiary/aromatic N) is 1. The van der Waals surface area contributed by atoms with Gasteiger partial charge >= 0.3 is 4.87 Å². The van der Waals surface area contributed by atoms with Gasteiger partial charge in [0.25, 0.3) is 10.0 Å². The molecule has 0 amide bonds. The van der Waals surface area contributed by atoms with Crippen LogP contribution in [0, 0.1) is 25.2 Å². The molecule has 18 heavy (non-hydrogen) atoms. The molecule has 98 valence electrons. The number of aromatic amines is 1. The van der Waals surface area contributed by atoms with Gasteiger partial charge in [-0.05, 0) is 25.7 Å². The lowest BCUT2D eigenvalue weighted by Gasteiger charge is -2.18. The zero-order chi connectivity index (χ0) is 13.3. The Kier molecular flexibility index (Phi) is 3.61. The first-order valence-corrected chi connectivity index (χ1v) is 7.84. The van der Waals surface area contributed by atoms with Crippen molar-refractivity contribution in [2.24, 2.45) is 5.92 Å². The highest BCUT2D eigenvalue weighted by atomic mass is 32.2. The summed E-state index contributed by atoms with van der Waals surface area (Å²) in [7, 11) is -3.65. The smallest absolute Gasteiger partial charge is 0.305 e. The number of sulfonamides is 1. The minimum absolute atomic E-state index is 0.0460. The van der Waals surface area contributed by atoms with Crippen molar-refractivity contribution >= 4 is 21.4 Å². The first-order valence-electron chi connectivity index (χ1n) is 5.58. The Morgan fingerprint density at radius 2 is 2.22 bits per heavy atom. The Morgan fingerprint density at radius 3 is 2.67 bits per heavy atom. The quantitative estimate of drug-likeness (QED) is 0.813. The molecule has 1 aromatic rings. The van der Waals surface area contributed by atoms with Crippen LogP contribution in [-0.2, 0) is 10.0 Å². The van der Waals surface area contributed by atoms with Crippen LogP contribution in [0.2, 0.25) is 0 Å². The molecule has 0 bridgehead atoms. The summed E-state index contributed by atoms with van der Waals surface area (Å²) >= 11 is 0.714. The monoisotopic (exact) mass is 286 g/mol. The molecule has 1 saturated carbocycles. The van der Waals surface area contributed by atoms with E-state index in [4.69, 9.17) is 6.42 Å². The molecule has 0 saturated heterocycles. The Labute approximate surface area is 110 Å². The standard InChI is InChI=1S/C11H14N2O3S2/c1-3-6-13(7-9-4-5-9)18(15,16)10-8(2)12-11(14)17-10/h1,9H,4-7H2,2H3,(H,12,14). The molecule has 0 aliphatic heterocycles. The van der Waals surface area contributed by atoms with Gasteiger partial charge in [0.05, 0.1) is 6.54 Å². The lowest BCUT2D eigenvalue weighted by molar-refractivity contribution is 0.431. The van der Waals surface area contributed by atoms with Crippen LogP contribution in [0.5, 0.6) is 0 Å². The predicted molar refractivity (Wildman–Crippen MR) is 70.0 cm³/mol. The van der Waals surface area contributed by atoms with Gasteiger partial charge in [-0.15, -0.1) is 6.42 Å². The molecule has 0 unspecified atom stereocenters. The zero-order valence-corrected chi connectivity index (χ0v) is 11.6. The number of aryl methyl sites for hydroxylation is 1. The van der Waals surface area contributed by atoms with E-state index in [0.29, 0.717) is 29.5 Å². The van der Waals surface area contributed by atoms with E-state index >= 15 is 0 Å². The number of H-pyrrole nitrogens is 1. The largest absolute Gasteiger partial charge is 0.315 e. The van der Waals surface area contributed by atoms with Crippen molar-refractivity contribution < 1.29 is 8.42 Å². The van der Waals surface area contributed by atoms with Crippen LogP contribution >= 0.6 is 11.3 Å². The Morgan fingerprint density at radius 1 is 1.56 bits per heavy atom. The maximum absolute atomic E-state index is 12.4. The van der Waals surface area contributed by atoms with Crippen LogP contribution in [0.1, 0.15) is 18.5 Å². The first kappa shape index (κ1) is 13.3. The normalized spacial score (nSPS) is 15.8. The molecule has 0 aromatic carbocycles. The third kappa shape index (κ3) is 2.66. The van der Waals surface area contributed by atoms with Gasteiger partial charge in [0.1, 0.15) is 0 Å². The van der Waals surface area contributed by atoms with Crippen LogP contribution in [0.3, 0.4) is 0 Å². The van der Waals surface area contributed by atoms with Gasteiger partial charge in [0.2, 0.25) is 0 Å². The Hall–Kier alpha value is -1.10. The molecule has 1 heterocycles. The summed E-state index contributed by atoms with van der Waals surface area (Å²) in [6.07, 6.45) is 7.30. The molecule has 0 radical (unpaired) electrons. The van der Waals surface area contributed by atoms with Crippen LogP contribution in [0.15, 0.2) is 9.00 Å². The van der Waals surface area contributed by atoms with E-state index in [9.17, 15) is 13.2 Å². The number of aromatic nitrogens is 1. The number of thiazole rings is 1.